The average Bonchev–Trinajstić information content (AvgIpc) is 2.34. The molecule has 86 valence electrons. The second-order valence-electron chi connectivity index (χ2n) is 3.68. The Bertz CT molecular complexity index is 540. The van der Waals surface area contributed by atoms with Crippen molar-refractivity contribution in [3.8, 4) is 0 Å². The molecule has 0 aliphatic rings. The molecule has 1 aromatic carbocycles. The van der Waals surface area contributed by atoms with Gasteiger partial charge in [0.25, 0.3) is 0 Å². The van der Waals surface area contributed by atoms with Crippen LogP contribution < -0.4 is 5.32 Å². The highest BCUT2D eigenvalue weighted by atomic mass is 32.1. The predicted octanol–water partition coefficient (Wildman–Crippen LogP) is 3.32. The average molecular weight is 246 g/mol. The number of aromatic nitrogens is 1. The number of nitrogens with one attached hydrogen (secondary N) is 1. The van der Waals surface area contributed by atoms with E-state index in [4.69, 9.17) is 12.2 Å². The number of rotatable bonds is 2. The summed E-state index contributed by atoms with van der Waals surface area (Å²) >= 11 is 5.18. The fourth-order valence-corrected chi connectivity index (χ4v) is 1.64. The van der Waals surface area contributed by atoms with Crippen molar-refractivity contribution in [2.45, 2.75) is 6.92 Å². The molecule has 2 aromatic rings. The molecule has 0 atom stereocenters. The first kappa shape index (κ1) is 11.7. The van der Waals surface area contributed by atoms with E-state index in [0.717, 1.165) is 11.1 Å². The maximum atomic E-state index is 13.6. The molecule has 0 radical (unpaired) electrons. The number of aryl methyl sites for hydroxylation is 1. The summed E-state index contributed by atoms with van der Waals surface area (Å²) in [5.41, 5.74) is 2.02. The van der Waals surface area contributed by atoms with Crippen molar-refractivity contribution in [1.82, 2.24) is 4.98 Å². The molecule has 1 aromatic heterocycles. The Hall–Kier alpha value is -1.81. The van der Waals surface area contributed by atoms with E-state index in [1.807, 2.05) is 19.1 Å². The number of pyridine rings is 1. The highest BCUT2D eigenvalue weighted by molar-refractivity contribution is 7.81. The van der Waals surface area contributed by atoms with Gasteiger partial charge in [-0.15, -0.1) is 0 Å². The summed E-state index contributed by atoms with van der Waals surface area (Å²) in [5, 5.41) is 2.87. The normalized spacial score (nSPS) is 10.0. The van der Waals surface area contributed by atoms with Gasteiger partial charge in [0.2, 0.25) is 0 Å². The number of halogens is 1. The molecule has 1 N–H and O–H groups in total. The van der Waals surface area contributed by atoms with Crippen molar-refractivity contribution < 1.29 is 4.39 Å². The Morgan fingerprint density at radius 3 is 2.82 bits per heavy atom. The topological polar surface area (TPSA) is 24.9 Å². The van der Waals surface area contributed by atoms with Crippen LogP contribution in [0.5, 0.6) is 0 Å². The van der Waals surface area contributed by atoms with Crippen LogP contribution in [-0.2, 0) is 0 Å². The van der Waals surface area contributed by atoms with Crippen molar-refractivity contribution in [2.24, 2.45) is 0 Å². The molecule has 2 rings (SSSR count). The zero-order chi connectivity index (χ0) is 12.3. The Kier molecular flexibility index (Phi) is 3.44. The van der Waals surface area contributed by atoms with Gasteiger partial charge in [-0.1, -0.05) is 18.3 Å². The first-order valence-corrected chi connectivity index (χ1v) is 5.55. The third kappa shape index (κ3) is 2.85. The summed E-state index contributed by atoms with van der Waals surface area (Å²) in [4.78, 5) is 4.42. The van der Waals surface area contributed by atoms with Crippen LogP contribution in [0.3, 0.4) is 0 Å². The maximum Gasteiger partial charge on any atom is 0.146 e. The van der Waals surface area contributed by atoms with E-state index < -0.39 is 0 Å². The lowest BCUT2D eigenvalue weighted by Gasteiger charge is -2.09. The molecule has 1 heterocycles. The monoisotopic (exact) mass is 246 g/mol. The standard InChI is InChI=1S/C13H11FN2S/c1-9-4-5-12(11(14)7-9)16-13(17)10-3-2-6-15-8-10/h2-8H,1H3,(H,16,17). The van der Waals surface area contributed by atoms with Gasteiger partial charge in [-0.3, -0.25) is 4.98 Å². The van der Waals surface area contributed by atoms with E-state index in [0.29, 0.717) is 10.7 Å². The minimum absolute atomic E-state index is 0.309. The van der Waals surface area contributed by atoms with Crippen LogP contribution >= 0.6 is 12.2 Å². The molecular formula is C13H11FN2S. The molecule has 0 spiro atoms. The lowest BCUT2D eigenvalue weighted by atomic mass is 10.2. The van der Waals surface area contributed by atoms with E-state index in [1.54, 1.807) is 24.5 Å². The lowest BCUT2D eigenvalue weighted by Crippen LogP contribution is -2.11. The minimum atomic E-state index is -0.309. The van der Waals surface area contributed by atoms with E-state index in [-0.39, 0.29) is 5.82 Å². The van der Waals surface area contributed by atoms with Gasteiger partial charge in [-0.2, -0.15) is 0 Å². The van der Waals surface area contributed by atoms with Crippen LogP contribution in [0, 0.1) is 12.7 Å². The van der Waals surface area contributed by atoms with Gasteiger partial charge in [-0.05, 0) is 36.8 Å². The Labute approximate surface area is 105 Å². The molecule has 0 saturated heterocycles. The quantitative estimate of drug-likeness (QED) is 0.823. The number of hydrogen-bond acceptors (Lipinski definition) is 2. The number of benzene rings is 1. The molecular weight excluding hydrogens is 235 g/mol. The Balaban J connectivity index is 2.19. The highest BCUT2D eigenvalue weighted by Crippen LogP contribution is 2.16. The predicted molar refractivity (Wildman–Crippen MR) is 70.7 cm³/mol. The van der Waals surface area contributed by atoms with Gasteiger partial charge in [0.05, 0.1) is 5.69 Å². The van der Waals surface area contributed by atoms with Crippen molar-refractivity contribution in [1.29, 1.82) is 0 Å². The van der Waals surface area contributed by atoms with Crippen LogP contribution in [0.15, 0.2) is 42.7 Å². The largest absolute Gasteiger partial charge is 0.344 e. The Morgan fingerprint density at radius 1 is 1.35 bits per heavy atom. The van der Waals surface area contributed by atoms with Crippen molar-refractivity contribution in [3.63, 3.8) is 0 Å². The van der Waals surface area contributed by atoms with Crippen LogP contribution in [0.25, 0.3) is 0 Å². The summed E-state index contributed by atoms with van der Waals surface area (Å²) in [6.07, 6.45) is 3.31. The van der Waals surface area contributed by atoms with Crippen molar-refractivity contribution in [3.05, 3.63) is 59.7 Å². The van der Waals surface area contributed by atoms with Crippen LogP contribution in [0.1, 0.15) is 11.1 Å². The molecule has 0 aliphatic heterocycles. The first-order chi connectivity index (χ1) is 8.16. The fourth-order valence-electron chi connectivity index (χ4n) is 1.41. The third-order valence-electron chi connectivity index (χ3n) is 2.30. The molecule has 0 aliphatic carbocycles. The molecule has 0 saturated carbocycles. The van der Waals surface area contributed by atoms with Gasteiger partial charge < -0.3 is 5.32 Å². The molecule has 0 fully saturated rings. The first-order valence-electron chi connectivity index (χ1n) is 5.14. The molecule has 2 nitrogen and oxygen atoms in total. The molecule has 0 unspecified atom stereocenters. The van der Waals surface area contributed by atoms with Crippen LogP contribution in [0.2, 0.25) is 0 Å². The summed E-state index contributed by atoms with van der Waals surface area (Å²) < 4.78 is 13.6. The highest BCUT2D eigenvalue weighted by Gasteiger charge is 2.05. The number of nitrogens with zero attached hydrogens (tertiary/aromatic N) is 1. The zero-order valence-electron chi connectivity index (χ0n) is 9.27. The lowest BCUT2D eigenvalue weighted by molar-refractivity contribution is 0.631. The van der Waals surface area contributed by atoms with Gasteiger partial charge >= 0.3 is 0 Å². The van der Waals surface area contributed by atoms with Crippen molar-refractivity contribution in [2.75, 3.05) is 5.32 Å². The minimum Gasteiger partial charge on any atom is -0.344 e. The van der Waals surface area contributed by atoms with Crippen molar-refractivity contribution >= 4 is 22.9 Å². The van der Waals surface area contributed by atoms with Crippen LogP contribution in [0.4, 0.5) is 10.1 Å². The molecule has 0 bridgehead atoms. The van der Waals surface area contributed by atoms with E-state index in [1.165, 1.54) is 6.07 Å². The van der Waals surface area contributed by atoms with Gasteiger partial charge in [-0.25, -0.2) is 4.39 Å². The number of anilines is 1. The summed E-state index contributed by atoms with van der Waals surface area (Å²) in [5.74, 6) is -0.309. The second kappa shape index (κ2) is 5.01. The molecule has 17 heavy (non-hydrogen) atoms. The smallest absolute Gasteiger partial charge is 0.146 e. The SMILES string of the molecule is Cc1ccc(NC(=S)c2cccnc2)c(F)c1. The van der Waals surface area contributed by atoms with E-state index in [2.05, 4.69) is 10.3 Å². The number of hydrogen-bond donors (Lipinski definition) is 1. The van der Waals surface area contributed by atoms with E-state index in [9.17, 15) is 4.39 Å². The summed E-state index contributed by atoms with van der Waals surface area (Å²) in [7, 11) is 0. The van der Waals surface area contributed by atoms with Gasteiger partial charge in [0.15, 0.2) is 0 Å². The zero-order valence-corrected chi connectivity index (χ0v) is 10.1. The summed E-state index contributed by atoms with van der Waals surface area (Å²) in [6, 6.07) is 8.59. The number of thiocarbonyl (C=S) groups is 1. The third-order valence-corrected chi connectivity index (χ3v) is 2.63. The molecule has 4 heteroatoms. The second-order valence-corrected chi connectivity index (χ2v) is 4.09. The molecule has 0 amide bonds. The Morgan fingerprint density at radius 2 is 2.18 bits per heavy atom. The van der Waals surface area contributed by atoms with Crippen LogP contribution in [-0.4, -0.2) is 9.97 Å². The maximum absolute atomic E-state index is 13.6. The van der Waals surface area contributed by atoms with E-state index >= 15 is 0 Å². The fraction of sp³-hybridized carbons (Fsp3) is 0.0769. The summed E-state index contributed by atoms with van der Waals surface area (Å²) in [6.45, 7) is 1.84. The van der Waals surface area contributed by atoms with Gasteiger partial charge in [0, 0.05) is 18.0 Å². The van der Waals surface area contributed by atoms with Gasteiger partial charge in [0.1, 0.15) is 10.8 Å².